The van der Waals surface area contributed by atoms with Crippen molar-refractivity contribution in [2.24, 2.45) is 10.9 Å². The lowest BCUT2D eigenvalue weighted by Gasteiger charge is -2.40. The van der Waals surface area contributed by atoms with Gasteiger partial charge >= 0.3 is 0 Å². The number of anilines is 1. The van der Waals surface area contributed by atoms with Gasteiger partial charge in [-0.15, -0.1) is 0 Å². The number of carbonyl (C=O) groups excluding carboxylic acids is 1. The normalized spacial score (nSPS) is 20.1. The molecule has 5 rings (SSSR count). The third kappa shape index (κ3) is 3.87. The number of rotatable bonds is 3. The minimum Gasteiger partial charge on any atom is -0.368 e. The molecule has 0 radical (unpaired) electrons. The van der Waals surface area contributed by atoms with E-state index in [0.29, 0.717) is 37.7 Å². The van der Waals surface area contributed by atoms with Crippen molar-refractivity contribution < 1.29 is 9.18 Å². The average Bonchev–Trinajstić information content (AvgIpc) is 3.31. The van der Waals surface area contributed by atoms with Crippen molar-refractivity contribution in [3.63, 3.8) is 0 Å². The number of hydrogen-bond donors (Lipinski definition) is 0. The van der Waals surface area contributed by atoms with E-state index in [4.69, 9.17) is 6.57 Å². The lowest BCUT2D eigenvalue weighted by Crippen LogP contribution is -2.53. The number of carbonyl (C=O) groups is 1. The van der Waals surface area contributed by atoms with Crippen molar-refractivity contribution in [1.29, 1.82) is 0 Å². The average molecular weight is 442 g/mol. The van der Waals surface area contributed by atoms with Crippen LogP contribution in [0, 0.1) is 18.3 Å². The fourth-order valence-electron chi connectivity index (χ4n) is 4.69. The van der Waals surface area contributed by atoms with E-state index in [1.165, 1.54) is 12.1 Å². The second kappa shape index (κ2) is 8.51. The Balaban J connectivity index is 1.41. The predicted octanol–water partition coefficient (Wildman–Crippen LogP) is 4.23. The van der Waals surface area contributed by atoms with E-state index >= 15 is 0 Å². The number of aliphatic imine (C=N–C) groups is 1. The Kier molecular flexibility index (Phi) is 5.38. The van der Waals surface area contributed by atoms with E-state index in [1.807, 2.05) is 36.1 Å². The maximum Gasteiger partial charge on any atom is 0.234 e. The van der Waals surface area contributed by atoms with Gasteiger partial charge < -0.3 is 9.80 Å². The van der Waals surface area contributed by atoms with E-state index in [1.54, 1.807) is 29.1 Å². The van der Waals surface area contributed by atoms with Crippen LogP contribution in [0.1, 0.15) is 18.5 Å². The van der Waals surface area contributed by atoms with Gasteiger partial charge in [0.05, 0.1) is 18.8 Å². The number of halogens is 1. The molecule has 33 heavy (non-hydrogen) atoms. The lowest BCUT2D eigenvalue weighted by atomic mass is 9.86. The molecule has 7 nitrogen and oxygen atoms in total. The third-order valence-corrected chi connectivity index (χ3v) is 6.36. The van der Waals surface area contributed by atoms with Gasteiger partial charge in [0.25, 0.3) is 0 Å². The molecule has 166 valence electrons. The van der Waals surface area contributed by atoms with Crippen molar-refractivity contribution in [3.05, 3.63) is 83.6 Å². The largest absolute Gasteiger partial charge is 0.368 e. The summed E-state index contributed by atoms with van der Waals surface area (Å²) in [4.78, 5) is 26.0. The summed E-state index contributed by atoms with van der Waals surface area (Å²) >= 11 is 0. The number of piperazine rings is 1. The van der Waals surface area contributed by atoms with Crippen LogP contribution in [0.2, 0.25) is 0 Å². The summed E-state index contributed by atoms with van der Waals surface area (Å²) in [6.07, 6.45) is 1.69. The number of aromatic nitrogens is 2. The molecule has 0 spiro atoms. The molecule has 1 aromatic heterocycles. The maximum absolute atomic E-state index is 13.8. The lowest BCUT2D eigenvalue weighted by molar-refractivity contribution is -0.134. The molecule has 8 heteroatoms. The molecular formula is C25H23FN6O. The zero-order valence-corrected chi connectivity index (χ0v) is 18.2. The highest BCUT2D eigenvalue weighted by molar-refractivity contribution is 6.05. The van der Waals surface area contributed by atoms with Gasteiger partial charge in [0.2, 0.25) is 5.91 Å². The van der Waals surface area contributed by atoms with Gasteiger partial charge in [-0.3, -0.25) is 4.79 Å². The van der Waals surface area contributed by atoms with Gasteiger partial charge in [0, 0.05) is 43.6 Å². The predicted molar refractivity (Wildman–Crippen MR) is 125 cm³/mol. The Morgan fingerprint density at radius 3 is 2.58 bits per heavy atom. The first-order chi connectivity index (χ1) is 16.0. The molecule has 2 aliphatic rings. The summed E-state index contributed by atoms with van der Waals surface area (Å²) in [5, 5.41) is 4.46. The Labute approximate surface area is 191 Å². The molecule has 2 atom stereocenters. The number of fused-ring (bicyclic) bond motifs is 1. The van der Waals surface area contributed by atoms with Crippen LogP contribution in [-0.4, -0.2) is 52.5 Å². The van der Waals surface area contributed by atoms with Crippen LogP contribution in [-0.2, 0) is 4.79 Å². The number of amides is 1. The van der Waals surface area contributed by atoms with Crippen LogP contribution in [0.25, 0.3) is 4.85 Å². The molecule has 1 amide bonds. The molecule has 0 aliphatic carbocycles. The van der Waals surface area contributed by atoms with Crippen LogP contribution in [0.4, 0.5) is 21.6 Å². The first-order valence-corrected chi connectivity index (χ1v) is 10.9. The zero-order valence-electron chi connectivity index (χ0n) is 18.2. The summed E-state index contributed by atoms with van der Waals surface area (Å²) in [7, 11) is 0. The SMILES string of the molecule is [C-]#[N+]c1cccc(C2C(C(=O)N3CCN(c4ccc(F)cc4)CC3)C(C)=Nc3ccnn32)c1. The molecule has 0 saturated carbocycles. The molecule has 0 bridgehead atoms. The minimum absolute atomic E-state index is 0.00868. The molecule has 1 saturated heterocycles. The summed E-state index contributed by atoms with van der Waals surface area (Å²) < 4.78 is 15.0. The first-order valence-electron chi connectivity index (χ1n) is 10.9. The molecule has 2 unspecified atom stereocenters. The Hall–Kier alpha value is -3.99. The van der Waals surface area contributed by atoms with E-state index in [-0.39, 0.29) is 17.8 Å². The number of nitrogens with zero attached hydrogens (tertiary/aromatic N) is 6. The molecule has 2 aliphatic heterocycles. The van der Waals surface area contributed by atoms with E-state index in [0.717, 1.165) is 17.0 Å². The number of benzene rings is 2. The van der Waals surface area contributed by atoms with Gasteiger partial charge in [-0.25, -0.2) is 18.9 Å². The quantitative estimate of drug-likeness (QED) is 0.571. The molecule has 1 fully saturated rings. The highest BCUT2D eigenvalue weighted by Gasteiger charge is 2.40. The fraction of sp³-hybridized carbons (Fsp3) is 0.280. The Morgan fingerprint density at radius 2 is 1.85 bits per heavy atom. The van der Waals surface area contributed by atoms with Crippen LogP contribution >= 0.6 is 0 Å². The Bertz CT molecular complexity index is 1250. The molecule has 3 aromatic rings. The van der Waals surface area contributed by atoms with Crippen molar-refractivity contribution in [1.82, 2.24) is 14.7 Å². The highest BCUT2D eigenvalue weighted by Crippen LogP contribution is 2.38. The van der Waals surface area contributed by atoms with E-state index < -0.39 is 5.92 Å². The minimum atomic E-state index is -0.504. The molecule has 3 heterocycles. The fourth-order valence-corrected chi connectivity index (χ4v) is 4.69. The summed E-state index contributed by atoms with van der Waals surface area (Å²) in [6, 6.07) is 15.3. The second-order valence-corrected chi connectivity index (χ2v) is 8.31. The topological polar surface area (TPSA) is 58.1 Å². The first kappa shape index (κ1) is 20.9. The van der Waals surface area contributed by atoms with Gasteiger partial charge in [-0.05, 0) is 36.8 Å². The smallest absolute Gasteiger partial charge is 0.234 e. The summed E-state index contributed by atoms with van der Waals surface area (Å²) in [5.74, 6) is -0.0491. The van der Waals surface area contributed by atoms with E-state index in [9.17, 15) is 9.18 Å². The monoisotopic (exact) mass is 442 g/mol. The molecule has 2 aromatic carbocycles. The van der Waals surface area contributed by atoms with Gasteiger partial charge in [-0.2, -0.15) is 5.10 Å². The van der Waals surface area contributed by atoms with Crippen molar-refractivity contribution >= 4 is 28.8 Å². The van der Waals surface area contributed by atoms with Crippen molar-refractivity contribution in [2.45, 2.75) is 13.0 Å². The highest BCUT2D eigenvalue weighted by atomic mass is 19.1. The van der Waals surface area contributed by atoms with Crippen molar-refractivity contribution in [2.75, 3.05) is 31.1 Å². The van der Waals surface area contributed by atoms with Gasteiger partial charge in [0.1, 0.15) is 11.7 Å². The second-order valence-electron chi connectivity index (χ2n) is 8.31. The van der Waals surface area contributed by atoms with Crippen LogP contribution < -0.4 is 4.90 Å². The standard InChI is InChI=1S/C25H23FN6O/c1-17-23(25(33)31-14-12-30(13-15-31)21-8-6-19(26)7-9-21)24(32-22(29-17)10-11-28-32)18-4-3-5-20(16-18)27-2/h3-11,16,23-24H,12-15H2,1H3. The van der Waals surface area contributed by atoms with Gasteiger partial charge in [-0.1, -0.05) is 24.3 Å². The van der Waals surface area contributed by atoms with Gasteiger partial charge in [0.15, 0.2) is 11.5 Å². The third-order valence-electron chi connectivity index (χ3n) is 6.36. The molecule has 0 N–H and O–H groups in total. The van der Waals surface area contributed by atoms with Crippen LogP contribution in [0.5, 0.6) is 0 Å². The van der Waals surface area contributed by atoms with Crippen LogP contribution in [0.15, 0.2) is 65.8 Å². The maximum atomic E-state index is 13.8. The summed E-state index contributed by atoms with van der Waals surface area (Å²) in [6.45, 7) is 11.8. The molecular weight excluding hydrogens is 419 g/mol. The Morgan fingerprint density at radius 1 is 1.09 bits per heavy atom. The zero-order chi connectivity index (χ0) is 22.9. The summed E-state index contributed by atoms with van der Waals surface area (Å²) in [5.41, 5.74) is 3.09. The van der Waals surface area contributed by atoms with Crippen molar-refractivity contribution in [3.8, 4) is 0 Å². The van der Waals surface area contributed by atoms with E-state index in [2.05, 4.69) is 19.8 Å². The van der Waals surface area contributed by atoms with Crippen LogP contribution in [0.3, 0.4) is 0 Å². The number of hydrogen-bond acceptors (Lipinski definition) is 4.